The van der Waals surface area contributed by atoms with Crippen LogP contribution in [0.3, 0.4) is 0 Å². The number of carbonyl (C=O) groups excluding carboxylic acids is 1. The number of aliphatic carboxylic acids is 5. The lowest BCUT2D eigenvalue weighted by Gasteiger charge is -2.34. The zero-order valence-electron chi connectivity index (χ0n) is 34.4. The fourth-order valence-corrected chi connectivity index (χ4v) is 7.14. The number of likely N-dealkylation sites (N-methyl/N-ethyl adjacent to an activating group) is 1. The van der Waals surface area contributed by atoms with Gasteiger partial charge in [0.1, 0.15) is 5.69 Å². The summed E-state index contributed by atoms with van der Waals surface area (Å²) in [5, 5.41) is 58.3. The van der Waals surface area contributed by atoms with Crippen LogP contribution in [0.15, 0.2) is 18.3 Å². The maximum Gasteiger partial charge on any atom is 0.317 e. The highest BCUT2D eigenvalue weighted by molar-refractivity contribution is 5.98. The Bertz CT molecular complexity index is 1710. The molecular formula is C38H58N8O14. The summed E-state index contributed by atoms with van der Waals surface area (Å²) in [4.78, 5) is 76.9. The SMILES string of the molecule is CCN1CCC[C@H]1CNC(=O)c1cc(CCCCn2cc(COC[C@H](CN(CCN(CC(=O)O)CC(=O)O)CC(=O)O)N(CC(=O)O)CC(=O)O)nn2)cc(OC)c1OC. The van der Waals surface area contributed by atoms with Gasteiger partial charge < -0.3 is 45.1 Å². The monoisotopic (exact) mass is 850 g/mol. The van der Waals surface area contributed by atoms with Crippen molar-refractivity contribution >= 4 is 35.8 Å². The number of unbranched alkanes of at least 4 members (excludes halogenated alkanes) is 1. The number of carboxylic acids is 5. The largest absolute Gasteiger partial charge is 0.493 e. The Labute approximate surface area is 347 Å². The summed E-state index contributed by atoms with van der Waals surface area (Å²) in [6, 6.07) is 3.00. The molecule has 60 heavy (non-hydrogen) atoms. The highest BCUT2D eigenvalue weighted by Crippen LogP contribution is 2.33. The minimum Gasteiger partial charge on any atom is -0.493 e. The molecule has 2 heterocycles. The first-order valence-corrected chi connectivity index (χ1v) is 19.6. The minimum atomic E-state index is -1.33. The third-order valence-electron chi connectivity index (χ3n) is 9.91. The second kappa shape index (κ2) is 25.3. The van der Waals surface area contributed by atoms with Crippen molar-refractivity contribution in [3.05, 3.63) is 35.2 Å². The number of hydrogen-bond acceptors (Lipinski definition) is 15. The molecule has 0 bridgehead atoms. The summed E-state index contributed by atoms with van der Waals surface area (Å²) in [6.45, 7) is 1.01. The first-order valence-electron chi connectivity index (χ1n) is 19.6. The van der Waals surface area contributed by atoms with Gasteiger partial charge in [0.2, 0.25) is 0 Å². The standard InChI is InChI=1S/C38H58N8O14/c1-4-44-10-7-9-28(44)16-39-38(57)30-14-26(15-31(58-2)37(30)59-3)8-5-6-11-46-17-27(40-41-46)24-60-25-29(45(22-35(53)54)23-36(55)56)18-42(19-32(47)48)12-13-43(20-33(49)50)21-34(51)52/h14-15,17,28-29H,4-13,16,18-25H2,1-3H3,(H,39,57)(H,47,48)(H,49,50)(H,51,52)(H,53,54)(H,55,56)/t28-,29-/m0/s1. The molecule has 3 rings (SSSR count). The van der Waals surface area contributed by atoms with Crippen LogP contribution in [0.4, 0.5) is 0 Å². The average Bonchev–Trinajstić information content (AvgIpc) is 3.84. The summed E-state index contributed by atoms with van der Waals surface area (Å²) in [6.07, 6.45) is 5.88. The fraction of sp³-hybridized carbons (Fsp3) is 0.632. The van der Waals surface area contributed by atoms with E-state index in [1.807, 2.05) is 12.1 Å². The van der Waals surface area contributed by atoms with Gasteiger partial charge in [0.15, 0.2) is 11.5 Å². The van der Waals surface area contributed by atoms with E-state index in [0.717, 1.165) is 47.7 Å². The molecule has 0 saturated carbocycles. The predicted octanol–water partition coefficient (Wildman–Crippen LogP) is -0.253. The Hall–Kier alpha value is -5.42. The van der Waals surface area contributed by atoms with Crippen LogP contribution in [-0.4, -0.2) is 201 Å². The zero-order valence-corrected chi connectivity index (χ0v) is 34.4. The summed E-state index contributed by atoms with van der Waals surface area (Å²) in [5.74, 6) is -5.92. The lowest BCUT2D eigenvalue weighted by Crippen LogP contribution is -2.52. The van der Waals surface area contributed by atoms with Crippen molar-refractivity contribution in [3.8, 4) is 11.5 Å². The third-order valence-corrected chi connectivity index (χ3v) is 9.91. The van der Waals surface area contributed by atoms with E-state index in [9.17, 15) is 54.3 Å². The maximum atomic E-state index is 13.3. The van der Waals surface area contributed by atoms with Crippen molar-refractivity contribution in [2.75, 3.05) is 92.8 Å². The number of carbonyl (C=O) groups is 6. The second-order valence-electron chi connectivity index (χ2n) is 14.4. The molecule has 1 fully saturated rings. The molecule has 22 heteroatoms. The molecular weight excluding hydrogens is 792 g/mol. The van der Waals surface area contributed by atoms with Crippen LogP contribution >= 0.6 is 0 Å². The molecule has 0 radical (unpaired) electrons. The van der Waals surface area contributed by atoms with Gasteiger partial charge in [-0.05, 0) is 62.9 Å². The van der Waals surface area contributed by atoms with E-state index in [-0.39, 0.29) is 38.8 Å². The first kappa shape index (κ1) is 48.9. The molecule has 2 atom stereocenters. The number of benzene rings is 1. The Balaban J connectivity index is 1.62. The topological polar surface area (TPSA) is 287 Å². The van der Waals surface area contributed by atoms with Crippen LogP contribution in [0, 0.1) is 0 Å². The van der Waals surface area contributed by atoms with Gasteiger partial charge in [0, 0.05) is 44.8 Å². The molecule has 0 spiro atoms. The van der Waals surface area contributed by atoms with Crippen molar-refractivity contribution in [3.63, 3.8) is 0 Å². The molecule has 1 amide bonds. The lowest BCUT2D eigenvalue weighted by atomic mass is 10.0. The zero-order chi connectivity index (χ0) is 44.2. The number of aromatic nitrogens is 3. The number of aryl methyl sites for hydroxylation is 2. The van der Waals surface area contributed by atoms with Crippen LogP contribution in [0.2, 0.25) is 0 Å². The minimum absolute atomic E-state index is 0.0951. The first-order chi connectivity index (χ1) is 28.6. The number of amides is 1. The summed E-state index contributed by atoms with van der Waals surface area (Å²) in [5.41, 5.74) is 1.72. The van der Waals surface area contributed by atoms with Gasteiger partial charge in [-0.25, -0.2) is 0 Å². The highest BCUT2D eigenvalue weighted by atomic mass is 16.5. The van der Waals surface area contributed by atoms with Crippen molar-refractivity contribution < 1.29 is 68.5 Å². The van der Waals surface area contributed by atoms with Gasteiger partial charge in [0.25, 0.3) is 5.91 Å². The smallest absolute Gasteiger partial charge is 0.317 e. The van der Waals surface area contributed by atoms with Crippen LogP contribution in [0.25, 0.3) is 0 Å². The Kier molecular flexibility index (Phi) is 20.6. The van der Waals surface area contributed by atoms with E-state index < -0.39 is 68.6 Å². The number of nitrogens with zero attached hydrogens (tertiary/aromatic N) is 7. The molecule has 0 aliphatic carbocycles. The van der Waals surface area contributed by atoms with E-state index in [0.29, 0.717) is 54.7 Å². The predicted molar refractivity (Wildman–Crippen MR) is 211 cm³/mol. The third kappa shape index (κ3) is 17.0. The quantitative estimate of drug-likeness (QED) is 0.0533. The van der Waals surface area contributed by atoms with Gasteiger partial charge in [-0.2, -0.15) is 0 Å². The van der Waals surface area contributed by atoms with Crippen molar-refractivity contribution in [2.24, 2.45) is 0 Å². The van der Waals surface area contributed by atoms with Gasteiger partial charge in [0.05, 0.1) is 71.9 Å². The number of rotatable bonds is 31. The van der Waals surface area contributed by atoms with Gasteiger partial charge in [-0.15, -0.1) is 5.10 Å². The van der Waals surface area contributed by atoms with Gasteiger partial charge in [-0.1, -0.05) is 12.1 Å². The van der Waals surface area contributed by atoms with Gasteiger partial charge >= 0.3 is 29.8 Å². The highest BCUT2D eigenvalue weighted by Gasteiger charge is 2.28. The summed E-state index contributed by atoms with van der Waals surface area (Å²) < 4.78 is 18.6. The molecule has 1 aromatic heterocycles. The molecule has 22 nitrogen and oxygen atoms in total. The second-order valence-corrected chi connectivity index (χ2v) is 14.4. The van der Waals surface area contributed by atoms with E-state index in [1.54, 1.807) is 10.9 Å². The molecule has 2 aromatic rings. The maximum absolute atomic E-state index is 13.3. The van der Waals surface area contributed by atoms with Crippen LogP contribution in [0.5, 0.6) is 11.5 Å². The molecule has 1 aliphatic rings. The van der Waals surface area contributed by atoms with Crippen LogP contribution < -0.4 is 14.8 Å². The Morgan fingerprint density at radius 3 is 2.10 bits per heavy atom. The lowest BCUT2D eigenvalue weighted by molar-refractivity contribution is -0.145. The summed E-state index contributed by atoms with van der Waals surface area (Å²) >= 11 is 0. The Morgan fingerprint density at radius 2 is 1.50 bits per heavy atom. The Morgan fingerprint density at radius 1 is 0.867 bits per heavy atom. The van der Waals surface area contributed by atoms with Crippen molar-refractivity contribution in [2.45, 2.75) is 64.3 Å². The molecule has 1 aliphatic heterocycles. The van der Waals surface area contributed by atoms with Crippen molar-refractivity contribution in [1.82, 2.24) is 39.9 Å². The van der Waals surface area contributed by atoms with Crippen LogP contribution in [-0.2, 0) is 48.3 Å². The van der Waals surface area contributed by atoms with Crippen molar-refractivity contribution in [1.29, 1.82) is 0 Å². The molecule has 1 aromatic carbocycles. The fourth-order valence-electron chi connectivity index (χ4n) is 7.14. The number of nitrogens with one attached hydrogen (secondary N) is 1. The van der Waals surface area contributed by atoms with Gasteiger partial charge in [-0.3, -0.25) is 53.0 Å². The average molecular weight is 851 g/mol. The number of methoxy groups -OCH3 is 2. The summed E-state index contributed by atoms with van der Waals surface area (Å²) in [7, 11) is 3.02. The number of carboxylic acid groups (broad SMARTS) is 5. The van der Waals surface area contributed by atoms with E-state index in [2.05, 4.69) is 27.5 Å². The van der Waals surface area contributed by atoms with Crippen LogP contribution in [0.1, 0.15) is 54.2 Å². The van der Waals surface area contributed by atoms with E-state index >= 15 is 0 Å². The molecule has 6 N–H and O–H groups in total. The molecule has 334 valence electrons. The molecule has 1 saturated heterocycles. The number of likely N-dealkylation sites (tertiary alicyclic amines) is 1. The number of hydrogen-bond donors (Lipinski definition) is 6. The normalized spacial score (nSPS) is 14.7. The number of ether oxygens (including phenoxy) is 3. The van der Waals surface area contributed by atoms with E-state index in [1.165, 1.54) is 19.1 Å². The molecule has 0 unspecified atom stereocenters. The van der Waals surface area contributed by atoms with E-state index in [4.69, 9.17) is 14.2 Å².